The number of fused-ring (bicyclic) bond motifs is 3. The number of carbonyl (C=O) groups excluding carboxylic acids is 2. The Labute approximate surface area is 265 Å². The van der Waals surface area contributed by atoms with E-state index in [0.717, 1.165) is 35.4 Å². The zero-order chi connectivity index (χ0) is 31.7. The number of benzene rings is 3. The van der Waals surface area contributed by atoms with Gasteiger partial charge in [-0.3, -0.25) is 14.5 Å². The molecule has 3 N–H and O–H groups in total. The van der Waals surface area contributed by atoms with Crippen molar-refractivity contribution in [2.75, 3.05) is 10.2 Å². The maximum atomic E-state index is 14.1. The van der Waals surface area contributed by atoms with Crippen molar-refractivity contribution < 1.29 is 24.4 Å². The van der Waals surface area contributed by atoms with Crippen molar-refractivity contribution in [3.05, 3.63) is 101 Å². The molecule has 4 atom stereocenters. The molecule has 2 heterocycles. The first-order chi connectivity index (χ1) is 21.7. The first-order valence-corrected chi connectivity index (χ1v) is 16.1. The lowest BCUT2D eigenvalue weighted by Gasteiger charge is -2.44. The largest absolute Gasteiger partial charge is 0.508 e. The molecule has 45 heavy (non-hydrogen) atoms. The quantitative estimate of drug-likeness (QED) is 0.134. The predicted octanol–water partition coefficient (Wildman–Crippen LogP) is 7.37. The number of nitrogens with zero attached hydrogens (tertiary/aromatic N) is 1. The third-order valence-electron chi connectivity index (χ3n) is 9.55. The van der Waals surface area contributed by atoms with Gasteiger partial charge >= 0.3 is 7.12 Å². The van der Waals surface area contributed by atoms with Crippen LogP contribution < -0.4 is 10.2 Å². The van der Waals surface area contributed by atoms with Crippen LogP contribution in [0.25, 0.3) is 6.08 Å². The van der Waals surface area contributed by atoms with Gasteiger partial charge in [0.25, 0.3) is 0 Å². The summed E-state index contributed by atoms with van der Waals surface area (Å²) in [6, 6.07) is 24.5. The summed E-state index contributed by atoms with van der Waals surface area (Å²) >= 11 is 0. The Kier molecular flexibility index (Phi) is 8.97. The number of hydrogen-bond acceptors (Lipinski definition) is 6. The van der Waals surface area contributed by atoms with Gasteiger partial charge in [0.2, 0.25) is 11.8 Å². The number of imide groups is 1. The van der Waals surface area contributed by atoms with Crippen molar-refractivity contribution in [2.24, 2.45) is 23.7 Å². The van der Waals surface area contributed by atoms with Gasteiger partial charge in [-0.15, -0.1) is 0 Å². The van der Waals surface area contributed by atoms with E-state index in [1.54, 1.807) is 12.1 Å². The number of aromatic hydroxyl groups is 1. The van der Waals surface area contributed by atoms with E-state index in [-0.39, 0.29) is 35.5 Å². The minimum absolute atomic E-state index is 0.161. The average molecular weight is 605 g/mol. The van der Waals surface area contributed by atoms with Gasteiger partial charge in [-0.25, -0.2) is 0 Å². The molecule has 2 aliphatic heterocycles. The summed E-state index contributed by atoms with van der Waals surface area (Å²) in [4.78, 5) is 29.4. The fraction of sp³-hybridized carbons (Fsp3) is 0.351. The molecule has 0 bridgehead atoms. The van der Waals surface area contributed by atoms with E-state index in [1.165, 1.54) is 16.0 Å². The summed E-state index contributed by atoms with van der Waals surface area (Å²) < 4.78 is 6.20. The SMILES string of the molecule is CC/C(=C\c1cccc(O)c1)CC[C@H]1OB(O)C[C@H]2C1=C(C(C)C)C[C@H]1C(=O)N(c3ccc(Nc4ccccc4)cc3)C(=O)[C@H]12. The van der Waals surface area contributed by atoms with Gasteiger partial charge < -0.3 is 20.1 Å². The molecule has 1 aliphatic carbocycles. The molecule has 6 rings (SSSR count). The Morgan fingerprint density at radius 2 is 1.73 bits per heavy atom. The summed E-state index contributed by atoms with van der Waals surface area (Å²) in [6.45, 7) is 6.39. The number of phenolic OH excluding ortho intramolecular Hbond substituents is 1. The van der Waals surface area contributed by atoms with Gasteiger partial charge in [0.15, 0.2) is 0 Å². The van der Waals surface area contributed by atoms with Gasteiger partial charge in [0, 0.05) is 11.4 Å². The normalized spacial score (nSPS) is 23.4. The van der Waals surface area contributed by atoms with Crippen LogP contribution in [0.4, 0.5) is 17.1 Å². The highest BCUT2D eigenvalue weighted by Gasteiger charge is 2.57. The standard InChI is InChI=1S/C37H41BN2O5/c1-4-24(19-25-9-8-12-29(41)20-25)13-18-33-34-30(23(2)3)21-31-35(32(34)22-38(44)45-33)37(43)40(36(31)42)28-16-14-27(15-17-28)39-26-10-6-5-7-11-26/h5-12,14-17,19-20,23,31-33,35,39,41,44H,4,13,18,21-22H2,1-3H3/b24-19+/t31-,32+,33-,35-/m1/s1. The topological polar surface area (TPSA) is 99.1 Å². The monoisotopic (exact) mass is 604 g/mol. The second-order valence-corrected chi connectivity index (χ2v) is 12.7. The Hall–Kier alpha value is -4.14. The molecule has 0 saturated carbocycles. The van der Waals surface area contributed by atoms with Crippen LogP contribution in [0, 0.1) is 23.7 Å². The van der Waals surface area contributed by atoms with Crippen LogP contribution >= 0.6 is 0 Å². The van der Waals surface area contributed by atoms with Crippen LogP contribution in [0.1, 0.15) is 52.0 Å². The predicted molar refractivity (Wildman–Crippen MR) is 179 cm³/mol. The molecule has 8 heteroatoms. The minimum Gasteiger partial charge on any atom is -0.508 e. The number of amides is 2. The molecule has 0 spiro atoms. The van der Waals surface area contributed by atoms with Crippen LogP contribution in [0.15, 0.2) is 95.6 Å². The number of carbonyl (C=O) groups is 2. The van der Waals surface area contributed by atoms with E-state index >= 15 is 0 Å². The lowest BCUT2D eigenvalue weighted by Crippen LogP contribution is -2.46. The third-order valence-corrected chi connectivity index (χ3v) is 9.55. The van der Waals surface area contributed by atoms with Crippen LogP contribution in [-0.2, 0) is 14.2 Å². The second-order valence-electron chi connectivity index (χ2n) is 12.7. The smallest absolute Gasteiger partial charge is 0.455 e. The fourth-order valence-corrected chi connectivity index (χ4v) is 7.40. The highest BCUT2D eigenvalue weighted by molar-refractivity contribution is 6.43. The Balaban J connectivity index is 1.25. The lowest BCUT2D eigenvalue weighted by atomic mass is 9.57. The van der Waals surface area contributed by atoms with E-state index in [9.17, 15) is 19.7 Å². The third kappa shape index (κ3) is 6.35. The first kappa shape index (κ1) is 30.9. The fourth-order valence-electron chi connectivity index (χ4n) is 7.40. The van der Waals surface area contributed by atoms with E-state index < -0.39 is 19.0 Å². The number of rotatable bonds is 9. The zero-order valence-corrected chi connectivity index (χ0v) is 26.1. The summed E-state index contributed by atoms with van der Waals surface area (Å²) in [7, 11) is -1.00. The Bertz CT molecular complexity index is 1620. The number of hydrogen-bond donors (Lipinski definition) is 3. The molecule has 0 radical (unpaired) electrons. The molecule has 3 aliphatic rings. The van der Waals surface area contributed by atoms with E-state index in [1.807, 2.05) is 66.7 Å². The van der Waals surface area contributed by atoms with Gasteiger partial charge in [0.1, 0.15) is 5.75 Å². The van der Waals surface area contributed by atoms with E-state index in [4.69, 9.17) is 4.65 Å². The highest BCUT2D eigenvalue weighted by Crippen LogP contribution is 2.52. The molecular weight excluding hydrogens is 563 g/mol. The molecule has 7 nitrogen and oxygen atoms in total. The molecule has 2 amide bonds. The van der Waals surface area contributed by atoms with Crippen molar-refractivity contribution in [2.45, 2.75) is 58.9 Å². The first-order valence-electron chi connectivity index (χ1n) is 16.1. The molecule has 0 aromatic heterocycles. The second kappa shape index (κ2) is 13.1. The van der Waals surface area contributed by atoms with Gasteiger partial charge in [0.05, 0.1) is 23.6 Å². The maximum Gasteiger partial charge on any atom is 0.455 e. The average Bonchev–Trinajstić information content (AvgIpc) is 3.28. The number of para-hydroxylation sites is 1. The molecule has 232 valence electrons. The Morgan fingerprint density at radius 3 is 2.42 bits per heavy atom. The van der Waals surface area contributed by atoms with Gasteiger partial charge in [-0.2, -0.15) is 0 Å². The maximum absolute atomic E-state index is 14.1. The number of anilines is 3. The summed E-state index contributed by atoms with van der Waals surface area (Å²) in [5, 5.41) is 24.2. The molecule has 0 unspecified atom stereocenters. The number of allylic oxidation sites excluding steroid dienone is 2. The van der Waals surface area contributed by atoms with Crippen molar-refractivity contribution in [1.82, 2.24) is 0 Å². The summed E-state index contributed by atoms with van der Waals surface area (Å²) in [6.07, 6.45) is 4.85. The molecule has 3 aromatic rings. The molecule has 2 fully saturated rings. The van der Waals surface area contributed by atoms with Gasteiger partial charge in [-0.1, -0.05) is 68.3 Å². The summed E-state index contributed by atoms with van der Waals surface area (Å²) in [5.74, 6) is -1.17. The van der Waals surface area contributed by atoms with Crippen molar-refractivity contribution in [1.29, 1.82) is 0 Å². The lowest BCUT2D eigenvalue weighted by molar-refractivity contribution is -0.122. The molecule has 2 saturated heterocycles. The minimum atomic E-state index is -1.00. The number of phenols is 1. The molecular formula is C37H41BN2O5. The summed E-state index contributed by atoms with van der Waals surface area (Å²) in [5.41, 5.74) is 6.83. The molecule has 3 aromatic carbocycles. The van der Waals surface area contributed by atoms with Crippen LogP contribution in [0.5, 0.6) is 5.75 Å². The van der Waals surface area contributed by atoms with Crippen molar-refractivity contribution in [3.63, 3.8) is 0 Å². The van der Waals surface area contributed by atoms with Crippen molar-refractivity contribution in [3.8, 4) is 5.75 Å². The van der Waals surface area contributed by atoms with Crippen LogP contribution in [0.2, 0.25) is 6.32 Å². The van der Waals surface area contributed by atoms with Crippen LogP contribution in [0.3, 0.4) is 0 Å². The van der Waals surface area contributed by atoms with Gasteiger partial charge in [-0.05, 0) is 104 Å². The Morgan fingerprint density at radius 1 is 1.00 bits per heavy atom. The van der Waals surface area contributed by atoms with E-state index in [0.29, 0.717) is 24.8 Å². The van der Waals surface area contributed by atoms with E-state index in [2.05, 4.69) is 32.2 Å². The zero-order valence-electron chi connectivity index (χ0n) is 26.1. The highest BCUT2D eigenvalue weighted by atomic mass is 16.5. The van der Waals surface area contributed by atoms with Crippen LogP contribution in [-0.4, -0.2) is 35.2 Å². The van der Waals surface area contributed by atoms with Crippen molar-refractivity contribution >= 4 is 42.1 Å². The number of nitrogens with one attached hydrogen (secondary N) is 1.